The highest BCUT2D eigenvalue weighted by Crippen LogP contribution is 2.21. The van der Waals surface area contributed by atoms with Gasteiger partial charge >= 0.3 is 0 Å². The van der Waals surface area contributed by atoms with E-state index in [0.29, 0.717) is 29.9 Å². The molecule has 0 radical (unpaired) electrons. The first-order valence-electron chi connectivity index (χ1n) is 12.7. The Bertz CT molecular complexity index is 1500. The summed E-state index contributed by atoms with van der Waals surface area (Å²) < 4.78 is 42.1. The number of nitrogens with zero attached hydrogens (tertiary/aromatic N) is 4. The molecule has 1 amide bonds. The molecule has 0 saturated heterocycles. The largest absolute Gasteiger partial charge is 0.331 e. The van der Waals surface area contributed by atoms with Gasteiger partial charge < -0.3 is 14.4 Å². The van der Waals surface area contributed by atoms with Crippen molar-refractivity contribution in [2.75, 3.05) is 27.2 Å². The highest BCUT2D eigenvalue weighted by Gasteiger charge is 2.26. The molecule has 0 spiro atoms. The molecule has 0 aliphatic rings. The second-order valence-corrected chi connectivity index (χ2v) is 11.8. The quantitative estimate of drug-likeness (QED) is 0.275. The Balaban J connectivity index is 1.71. The molecule has 0 N–H and O–H groups in total. The highest BCUT2D eigenvalue weighted by molar-refractivity contribution is 7.90. The molecule has 0 aliphatic heterocycles. The van der Waals surface area contributed by atoms with E-state index in [4.69, 9.17) is 0 Å². The van der Waals surface area contributed by atoms with Crippen LogP contribution in [0.4, 0.5) is 4.39 Å². The van der Waals surface area contributed by atoms with Gasteiger partial charge in [-0.25, -0.2) is 17.8 Å². The van der Waals surface area contributed by atoms with Crippen molar-refractivity contribution < 1.29 is 17.6 Å². The summed E-state index contributed by atoms with van der Waals surface area (Å²) in [5, 5.41) is -0.0824. The maximum atomic E-state index is 13.5. The van der Waals surface area contributed by atoms with Crippen molar-refractivity contribution in [3.05, 3.63) is 119 Å². The third kappa shape index (κ3) is 7.40. The normalized spacial score (nSPS) is 11.6. The first kappa shape index (κ1) is 28.2. The number of imidazole rings is 1. The Morgan fingerprint density at radius 2 is 1.56 bits per heavy atom. The highest BCUT2D eigenvalue weighted by atomic mass is 32.2. The summed E-state index contributed by atoms with van der Waals surface area (Å²) in [5.74, 6) is -0.884. The van der Waals surface area contributed by atoms with Gasteiger partial charge in [0.05, 0.1) is 30.7 Å². The number of carbonyl (C=O) groups excluding carboxylic acids is 1. The summed E-state index contributed by atoms with van der Waals surface area (Å²) >= 11 is 0. The fraction of sp³-hybridized carbons (Fsp3) is 0.267. The molecule has 4 rings (SSSR count). The molecule has 4 aromatic rings. The number of benzene rings is 3. The minimum Gasteiger partial charge on any atom is -0.331 e. The number of hydrogen-bond donors (Lipinski definition) is 0. The zero-order valence-corrected chi connectivity index (χ0v) is 23.2. The van der Waals surface area contributed by atoms with Gasteiger partial charge in [-0.05, 0) is 56.4 Å². The van der Waals surface area contributed by atoms with Crippen LogP contribution in [0.15, 0.2) is 90.2 Å². The summed E-state index contributed by atoms with van der Waals surface area (Å²) in [5.41, 5.74) is 3.60. The van der Waals surface area contributed by atoms with Gasteiger partial charge in [-0.3, -0.25) is 4.79 Å². The number of halogens is 1. The fourth-order valence-corrected chi connectivity index (χ4v) is 5.70. The van der Waals surface area contributed by atoms with E-state index < -0.39 is 15.7 Å². The Hall–Kier alpha value is -3.82. The van der Waals surface area contributed by atoms with Crippen LogP contribution in [0.3, 0.4) is 0 Å². The molecule has 3 aromatic carbocycles. The summed E-state index contributed by atoms with van der Waals surface area (Å²) in [7, 11) is 0.000549. The second-order valence-electron chi connectivity index (χ2n) is 9.89. The van der Waals surface area contributed by atoms with Crippen molar-refractivity contribution in [1.29, 1.82) is 0 Å². The molecule has 0 aliphatic carbocycles. The number of sulfone groups is 1. The van der Waals surface area contributed by atoms with Gasteiger partial charge in [0.1, 0.15) is 5.82 Å². The van der Waals surface area contributed by atoms with E-state index in [1.165, 1.54) is 30.5 Å². The Kier molecular flexibility index (Phi) is 8.93. The zero-order chi connectivity index (χ0) is 28.0. The van der Waals surface area contributed by atoms with Crippen LogP contribution in [-0.4, -0.2) is 60.9 Å². The van der Waals surface area contributed by atoms with Crippen LogP contribution >= 0.6 is 0 Å². The van der Waals surface area contributed by atoms with E-state index in [1.54, 1.807) is 21.6 Å². The van der Waals surface area contributed by atoms with Crippen LogP contribution in [0, 0.1) is 12.7 Å². The van der Waals surface area contributed by atoms with Gasteiger partial charge in [0, 0.05) is 18.7 Å². The molecule has 1 heterocycles. The molecule has 0 unspecified atom stereocenters. The standard InChI is InChI=1S/C30H33FN4O3S/c1-23-9-13-26(14-10-23)29(36)34(18-17-33(2)3)21-28-19-32-30(35(28)20-24-7-5-4-6-8-24)39(37,38)22-25-11-15-27(31)16-12-25/h4-16,19H,17-18,20-22H2,1-3H3. The molecule has 9 heteroatoms. The van der Waals surface area contributed by atoms with Gasteiger partial charge in [0.2, 0.25) is 15.0 Å². The molecule has 0 atom stereocenters. The number of likely N-dealkylation sites (N-methyl/N-ethyl adjacent to an activating group) is 1. The Labute approximate surface area is 229 Å². The lowest BCUT2D eigenvalue weighted by Gasteiger charge is -2.25. The third-order valence-electron chi connectivity index (χ3n) is 6.39. The van der Waals surface area contributed by atoms with Crippen molar-refractivity contribution in [3.63, 3.8) is 0 Å². The van der Waals surface area contributed by atoms with Gasteiger partial charge in [-0.2, -0.15) is 0 Å². The lowest BCUT2D eigenvalue weighted by molar-refractivity contribution is 0.0728. The van der Waals surface area contributed by atoms with Crippen molar-refractivity contribution >= 4 is 15.7 Å². The maximum Gasteiger partial charge on any atom is 0.254 e. The summed E-state index contributed by atoms with van der Waals surface area (Å²) in [6, 6.07) is 22.3. The SMILES string of the molecule is Cc1ccc(C(=O)N(CCN(C)C)Cc2cnc(S(=O)(=O)Cc3ccc(F)cc3)n2Cc2ccccc2)cc1. The molecular formula is C30H33FN4O3S. The molecule has 0 fully saturated rings. The summed E-state index contributed by atoms with van der Waals surface area (Å²) in [6.07, 6.45) is 1.53. The van der Waals surface area contributed by atoms with E-state index in [9.17, 15) is 17.6 Å². The minimum atomic E-state index is -3.88. The molecule has 0 saturated carbocycles. The average Bonchev–Trinajstić information content (AvgIpc) is 3.31. The van der Waals surface area contributed by atoms with Crippen LogP contribution in [0.2, 0.25) is 0 Å². The van der Waals surface area contributed by atoms with E-state index in [-0.39, 0.29) is 29.9 Å². The van der Waals surface area contributed by atoms with Crippen LogP contribution < -0.4 is 0 Å². The van der Waals surface area contributed by atoms with E-state index in [0.717, 1.165) is 11.1 Å². The number of carbonyl (C=O) groups is 1. The Morgan fingerprint density at radius 3 is 2.21 bits per heavy atom. The van der Waals surface area contributed by atoms with E-state index >= 15 is 0 Å². The van der Waals surface area contributed by atoms with Gasteiger partial charge in [0.25, 0.3) is 5.91 Å². The lowest BCUT2D eigenvalue weighted by Crippen LogP contribution is -2.37. The predicted molar refractivity (Wildman–Crippen MR) is 150 cm³/mol. The molecule has 0 bridgehead atoms. The molecular weight excluding hydrogens is 515 g/mol. The monoisotopic (exact) mass is 548 g/mol. The van der Waals surface area contributed by atoms with Crippen molar-refractivity contribution in [2.24, 2.45) is 0 Å². The van der Waals surface area contributed by atoms with Gasteiger partial charge in [-0.1, -0.05) is 60.2 Å². The number of amides is 1. The number of rotatable bonds is 11. The predicted octanol–water partition coefficient (Wildman–Crippen LogP) is 4.56. The summed E-state index contributed by atoms with van der Waals surface area (Å²) in [4.78, 5) is 21.6. The van der Waals surface area contributed by atoms with Gasteiger partial charge in [-0.15, -0.1) is 0 Å². The van der Waals surface area contributed by atoms with E-state index in [1.807, 2.05) is 68.4 Å². The molecule has 39 heavy (non-hydrogen) atoms. The maximum absolute atomic E-state index is 13.5. The number of aryl methyl sites for hydroxylation is 1. The van der Waals surface area contributed by atoms with Crippen LogP contribution in [0.5, 0.6) is 0 Å². The van der Waals surface area contributed by atoms with Crippen molar-refractivity contribution in [2.45, 2.75) is 30.9 Å². The first-order chi connectivity index (χ1) is 18.6. The van der Waals surface area contributed by atoms with Crippen molar-refractivity contribution in [1.82, 2.24) is 19.4 Å². The smallest absolute Gasteiger partial charge is 0.254 e. The average molecular weight is 549 g/mol. The van der Waals surface area contributed by atoms with E-state index in [2.05, 4.69) is 4.98 Å². The van der Waals surface area contributed by atoms with Crippen LogP contribution in [0.1, 0.15) is 32.7 Å². The Morgan fingerprint density at radius 1 is 0.897 bits per heavy atom. The minimum absolute atomic E-state index is 0.0824. The number of aromatic nitrogens is 2. The van der Waals surface area contributed by atoms with Crippen LogP contribution in [-0.2, 0) is 28.7 Å². The molecule has 7 nitrogen and oxygen atoms in total. The van der Waals surface area contributed by atoms with Crippen molar-refractivity contribution in [3.8, 4) is 0 Å². The topological polar surface area (TPSA) is 75.5 Å². The number of hydrogen-bond acceptors (Lipinski definition) is 5. The lowest BCUT2D eigenvalue weighted by atomic mass is 10.1. The molecule has 204 valence electrons. The van der Waals surface area contributed by atoms with Crippen LogP contribution in [0.25, 0.3) is 0 Å². The third-order valence-corrected chi connectivity index (χ3v) is 7.98. The fourth-order valence-electron chi connectivity index (χ4n) is 4.21. The summed E-state index contributed by atoms with van der Waals surface area (Å²) in [6.45, 7) is 3.52. The zero-order valence-electron chi connectivity index (χ0n) is 22.4. The second kappa shape index (κ2) is 12.4. The van der Waals surface area contributed by atoms with Gasteiger partial charge in [0.15, 0.2) is 0 Å². The molecule has 1 aromatic heterocycles. The first-order valence-corrected chi connectivity index (χ1v) is 14.3.